The van der Waals surface area contributed by atoms with Crippen LogP contribution in [0.4, 0.5) is 0 Å². The van der Waals surface area contributed by atoms with Gasteiger partial charge in [-0.1, -0.05) is 11.6 Å². The molecule has 0 bridgehead atoms. The van der Waals surface area contributed by atoms with Gasteiger partial charge in [-0.25, -0.2) is 0 Å². The lowest BCUT2D eigenvalue weighted by atomic mass is 9.98. The van der Waals surface area contributed by atoms with E-state index in [0.717, 1.165) is 30.8 Å². The van der Waals surface area contributed by atoms with Crippen molar-refractivity contribution in [1.82, 2.24) is 4.90 Å². The van der Waals surface area contributed by atoms with Gasteiger partial charge in [-0.15, -0.1) is 11.3 Å². The van der Waals surface area contributed by atoms with Gasteiger partial charge in [0.05, 0.1) is 9.21 Å². The number of nitrogens with two attached hydrogens (primary N) is 1. The fourth-order valence-corrected chi connectivity index (χ4v) is 3.04. The van der Waals surface area contributed by atoms with E-state index < -0.39 is 0 Å². The topological polar surface area (TPSA) is 46.3 Å². The molecule has 1 unspecified atom stereocenters. The minimum atomic E-state index is 0.0926. The average Bonchev–Trinajstić information content (AvgIpc) is 2.75. The first-order valence-corrected chi connectivity index (χ1v) is 6.65. The van der Waals surface area contributed by atoms with Gasteiger partial charge >= 0.3 is 0 Å². The van der Waals surface area contributed by atoms with E-state index in [2.05, 4.69) is 0 Å². The number of hydrogen-bond donors (Lipinski definition) is 1. The number of likely N-dealkylation sites (tertiary alicyclic amines) is 1. The van der Waals surface area contributed by atoms with E-state index in [-0.39, 0.29) is 5.91 Å². The van der Waals surface area contributed by atoms with Crippen molar-refractivity contribution in [2.24, 2.45) is 11.7 Å². The number of carbonyl (C=O) groups excluding carboxylic acids is 1. The molecule has 88 valence electrons. The van der Waals surface area contributed by atoms with Crippen LogP contribution in [0.25, 0.3) is 0 Å². The number of halogens is 1. The molecule has 2 heterocycles. The van der Waals surface area contributed by atoms with Gasteiger partial charge in [0.25, 0.3) is 5.91 Å². The molecule has 1 aliphatic rings. The third-order valence-electron chi connectivity index (χ3n) is 2.92. The molecule has 5 heteroatoms. The first-order chi connectivity index (χ1) is 7.70. The largest absolute Gasteiger partial charge is 0.338 e. The van der Waals surface area contributed by atoms with Crippen molar-refractivity contribution in [1.29, 1.82) is 0 Å². The fourth-order valence-electron chi connectivity index (χ4n) is 2.03. The Hall–Kier alpha value is -0.580. The Morgan fingerprint density at radius 2 is 2.44 bits per heavy atom. The van der Waals surface area contributed by atoms with E-state index in [1.165, 1.54) is 11.3 Å². The van der Waals surface area contributed by atoms with E-state index in [1.54, 1.807) is 12.1 Å². The molecule has 16 heavy (non-hydrogen) atoms. The highest BCUT2D eigenvalue weighted by Crippen LogP contribution is 2.24. The number of nitrogens with zero attached hydrogens (tertiary/aromatic N) is 1. The van der Waals surface area contributed by atoms with Gasteiger partial charge in [-0.2, -0.15) is 0 Å². The Morgan fingerprint density at radius 1 is 1.62 bits per heavy atom. The molecule has 2 N–H and O–H groups in total. The lowest BCUT2D eigenvalue weighted by molar-refractivity contribution is 0.0683. The summed E-state index contributed by atoms with van der Waals surface area (Å²) in [5.74, 6) is 0.545. The highest BCUT2D eigenvalue weighted by atomic mass is 35.5. The van der Waals surface area contributed by atoms with Crippen molar-refractivity contribution in [2.45, 2.75) is 12.8 Å². The summed E-state index contributed by atoms with van der Waals surface area (Å²) in [4.78, 5) is 14.7. The monoisotopic (exact) mass is 258 g/mol. The summed E-state index contributed by atoms with van der Waals surface area (Å²) in [5.41, 5.74) is 5.65. The molecule has 1 fully saturated rings. The normalized spacial score (nSPS) is 21.1. The van der Waals surface area contributed by atoms with Crippen LogP contribution in [0.3, 0.4) is 0 Å². The second-order valence-electron chi connectivity index (χ2n) is 4.10. The molecule has 0 radical (unpaired) electrons. The first kappa shape index (κ1) is 11.9. The number of thiophene rings is 1. The zero-order valence-electron chi connectivity index (χ0n) is 8.99. The molecule has 1 aromatic heterocycles. The molecule has 1 atom stereocenters. The average molecular weight is 259 g/mol. The van der Waals surface area contributed by atoms with Crippen molar-refractivity contribution < 1.29 is 4.79 Å². The molecule has 1 amide bonds. The van der Waals surface area contributed by atoms with Crippen molar-refractivity contribution in [3.63, 3.8) is 0 Å². The van der Waals surface area contributed by atoms with Gasteiger partial charge in [0.2, 0.25) is 0 Å². The predicted octanol–water partition coefficient (Wildman–Crippen LogP) is 2.21. The van der Waals surface area contributed by atoms with E-state index >= 15 is 0 Å². The fraction of sp³-hybridized carbons (Fsp3) is 0.545. The molecule has 2 rings (SSSR count). The minimum Gasteiger partial charge on any atom is -0.338 e. The van der Waals surface area contributed by atoms with Crippen LogP contribution in [0.5, 0.6) is 0 Å². The summed E-state index contributed by atoms with van der Waals surface area (Å²) in [5, 5.41) is 0. The summed E-state index contributed by atoms with van der Waals surface area (Å²) < 4.78 is 0.663. The summed E-state index contributed by atoms with van der Waals surface area (Å²) in [6.07, 6.45) is 2.18. The van der Waals surface area contributed by atoms with Gasteiger partial charge < -0.3 is 10.6 Å². The molecular weight excluding hydrogens is 244 g/mol. The molecule has 0 spiro atoms. The SMILES string of the molecule is NCC1CCCN(C(=O)c2ccc(Cl)s2)C1. The number of carbonyl (C=O) groups is 1. The first-order valence-electron chi connectivity index (χ1n) is 5.45. The van der Waals surface area contributed by atoms with Gasteiger partial charge in [0.15, 0.2) is 0 Å². The van der Waals surface area contributed by atoms with Crippen molar-refractivity contribution >= 4 is 28.8 Å². The summed E-state index contributed by atoms with van der Waals surface area (Å²) >= 11 is 7.17. The Morgan fingerprint density at radius 3 is 3.06 bits per heavy atom. The van der Waals surface area contributed by atoms with Crippen molar-refractivity contribution in [3.8, 4) is 0 Å². The van der Waals surface area contributed by atoms with Gasteiger partial charge in [-0.05, 0) is 37.4 Å². The molecule has 1 aromatic rings. The number of rotatable bonds is 2. The summed E-state index contributed by atoms with van der Waals surface area (Å²) in [6, 6.07) is 3.56. The Bertz CT molecular complexity index is 380. The Kier molecular flexibility index (Phi) is 3.84. The molecule has 0 aliphatic carbocycles. The van der Waals surface area contributed by atoms with E-state index in [0.29, 0.717) is 16.8 Å². The van der Waals surface area contributed by atoms with Crippen molar-refractivity contribution in [3.05, 3.63) is 21.3 Å². The van der Waals surface area contributed by atoms with Crippen LogP contribution >= 0.6 is 22.9 Å². The summed E-state index contributed by atoms with van der Waals surface area (Å²) in [6.45, 7) is 2.28. The maximum Gasteiger partial charge on any atom is 0.263 e. The number of amides is 1. The third kappa shape index (κ3) is 2.56. The second-order valence-corrected chi connectivity index (χ2v) is 5.81. The Balaban J connectivity index is 2.04. The quantitative estimate of drug-likeness (QED) is 0.884. The maximum absolute atomic E-state index is 12.1. The van der Waals surface area contributed by atoms with E-state index in [1.807, 2.05) is 4.90 Å². The van der Waals surface area contributed by atoms with Gasteiger partial charge in [-0.3, -0.25) is 4.79 Å². The lowest BCUT2D eigenvalue weighted by Crippen LogP contribution is -2.41. The standard InChI is InChI=1S/C11H15ClN2OS/c12-10-4-3-9(16-10)11(15)14-5-1-2-8(6-13)7-14/h3-4,8H,1-2,5-7,13H2. The van der Waals surface area contributed by atoms with E-state index in [9.17, 15) is 4.79 Å². The summed E-state index contributed by atoms with van der Waals surface area (Å²) in [7, 11) is 0. The van der Waals surface area contributed by atoms with Crippen LogP contribution in [-0.2, 0) is 0 Å². The minimum absolute atomic E-state index is 0.0926. The molecule has 0 saturated carbocycles. The van der Waals surface area contributed by atoms with Crippen molar-refractivity contribution in [2.75, 3.05) is 19.6 Å². The Labute approximate surface area is 104 Å². The van der Waals surface area contributed by atoms with Gasteiger partial charge in [0.1, 0.15) is 0 Å². The molecule has 0 aromatic carbocycles. The zero-order chi connectivity index (χ0) is 11.5. The maximum atomic E-state index is 12.1. The van der Waals surface area contributed by atoms with Crippen LogP contribution in [-0.4, -0.2) is 30.4 Å². The van der Waals surface area contributed by atoms with Crippen LogP contribution in [0.1, 0.15) is 22.5 Å². The second kappa shape index (κ2) is 5.17. The molecule has 1 aliphatic heterocycles. The predicted molar refractivity (Wildman–Crippen MR) is 67.0 cm³/mol. The number of hydrogen-bond acceptors (Lipinski definition) is 3. The third-order valence-corrected chi connectivity index (χ3v) is 4.14. The zero-order valence-corrected chi connectivity index (χ0v) is 10.6. The van der Waals surface area contributed by atoms with Crippen LogP contribution in [0.2, 0.25) is 4.34 Å². The number of piperidine rings is 1. The molecular formula is C11H15ClN2OS. The molecule has 3 nitrogen and oxygen atoms in total. The van der Waals surface area contributed by atoms with E-state index in [4.69, 9.17) is 17.3 Å². The smallest absolute Gasteiger partial charge is 0.263 e. The highest BCUT2D eigenvalue weighted by Gasteiger charge is 2.24. The van der Waals surface area contributed by atoms with Crippen LogP contribution < -0.4 is 5.73 Å². The highest BCUT2D eigenvalue weighted by molar-refractivity contribution is 7.17. The van der Waals surface area contributed by atoms with Crippen LogP contribution in [0.15, 0.2) is 12.1 Å². The molecule has 1 saturated heterocycles. The van der Waals surface area contributed by atoms with Crippen LogP contribution in [0, 0.1) is 5.92 Å². The van der Waals surface area contributed by atoms with Gasteiger partial charge in [0, 0.05) is 13.1 Å². The lowest BCUT2D eigenvalue weighted by Gasteiger charge is -2.31.